The van der Waals surface area contributed by atoms with Gasteiger partial charge in [-0.05, 0) is 18.6 Å². The number of aromatic nitrogens is 3. The smallest absolute Gasteiger partial charge is 0.343 e. The summed E-state index contributed by atoms with van der Waals surface area (Å²) in [5.74, 6) is 1.44. The number of halogens is 1. The third kappa shape index (κ3) is 3.16. The number of aromatic amines is 1. The van der Waals surface area contributed by atoms with Crippen molar-refractivity contribution in [3.8, 4) is 5.75 Å². The molecule has 3 rings (SSSR count). The van der Waals surface area contributed by atoms with Crippen molar-refractivity contribution < 1.29 is 9.47 Å². The second kappa shape index (κ2) is 6.76. The van der Waals surface area contributed by atoms with E-state index in [1.165, 1.54) is 11.8 Å². The number of H-pyrrole nitrogens is 1. The number of thioether (sulfide) groups is 1. The molecule has 1 aliphatic heterocycles. The van der Waals surface area contributed by atoms with Gasteiger partial charge in [-0.3, -0.25) is 4.57 Å². The Bertz CT molecular complexity index is 729. The Hall–Kier alpha value is -1.44. The van der Waals surface area contributed by atoms with Crippen LogP contribution in [-0.2, 0) is 23.6 Å². The highest BCUT2D eigenvalue weighted by Crippen LogP contribution is 2.34. The monoisotopic (exact) mass is 341 g/mol. The number of nitrogens with zero attached hydrogens (tertiary/aromatic N) is 2. The van der Waals surface area contributed by atoms with Crippen molar-refractivity contribution in [2.75, 3.05) is 6.79 Å². The Morgan fingerprint density at radius 2 is 2.36 bits per heavy atom. The Morgan fingerprint density at radius 1 is 1.50 bits per heavy atom. The SMILES string of the molecule is CCCn1c(SCc2cc(Cl)cc3c2OCOC3)n[nH]c1=O. The Morgan fingerprint density at radius 3 is 3.18 bits per heavy atom. The summed E-state index contributed by atoms with van der Waals surface area (Å²) in [7, 11) is 0. The molecule has 0 saturated carbocycles. The van der Waals surface area contributed by atoms with Crippen molar-refractivity contribution in [1.29, 1.82) is 0 Å². The van der Waals surface area contributed by atoms with E-state index in [-0.39, 0.29) is 12.5 Å². The number of hydrogen-bond donors (Lipinski definition) is 1. The van der Waals surface area contributed by atoms with Crippen molar-refractivity contribution in [1.82, 2.24) is 14.8 Å². The maximum atomic E-state index is 11.7. The third-order valence-electron chi connectivity index (χ3n) is 3.28. The van der Waals surface area contributed by atoms with Gasteiger partial charge in [0.25, 0.3) is 0 Å². The van der Waals surface area contributed by atoms with E-state index in [0.717, 1.165) is 23.3 Å². The molecule has 2 heterocycles. The van der Waals surface area contributed by atoms with Gasteiger partial charge in [-0.1, -0.05) is 30.3 Å². The van der Waals surface area contributed by atoms with Gasteiger partial charge in [-0.2, -0.15) is 0 Å². The van der Waals surface area contributed by atoms with Crippen molar-refractivity contribution in [2.24, 2.45) is 0 Å². The summed E-state index contributed by atoms with van der Waals surface area (Å²) >= 11 is 7.63. The zero-order valence-corrected chi connectivity index (χ0v) is 13.7. The topological polar surface area (TPSA) is 69.1 Å². The van der Waals surface area contributed by atoms with Gasteiger partial charge < -0.3 is 9.47 Å². The second-order valence-electron chi connectivity index (χ2n) is 4.92. The summed E-state index contributed by atoms with van der Waals surface area (Å²) < 4.78 is 12.5. The molecule has 0 radical (unpaired) electrons. The molecule has 0 bridgehead atoms. The van der Waals surface area contributed by atoms with E-state index in [1.807, 2.05) is 19.1 Å². The van der Waals surface area contributed by atoms with Crippen molar-refractivity contribution in [2.45, 2.75) is 37.4 Å². The molecule has 2 aromatic rings. The normalized spacial score (nSPS) is 13.7. The molecule has 0 unspecified atom stereocenters. The van der Waals surface area contributed by atoms with E-state index in [2.05, 4.69) is 10.2 Å². The molecule has 0 atom stereocenters. The molecule has 1 aliphatic rings. The van der Waals surface area contributed by atoms with Gasteiger partial charge in [-0.25, -0.2) is 9.89 Å². The molecule has 0 amide bonds. The Balaban J connectivity index is 1.82. The molecule has 0 aliphatic carbocycles. The maximum Gasteiger partial charge on any atom is 0.343 e. The van der Waals surface area contributed by atoms with Gasteiger partial charge in [0.2, 0.25) is 0 Å². The van der Waals surface area contributed by atoms with Crippen LogP contribution in [0.1, 0.15) is 24.5 Å². The number of hydrogen-bond acceptors (Lipinski definition) is 5. The summed E-state index contributed by atoms with van der Waals surface area (Å²) in [6.45, 7) is 3.41. The first-order valence-electron chi connectivity index (χ1n) is 6.99. The fourth-order valence-electron chi connectivity index (χ4n) is 2.34. The molecule has 0 fully saturated rings. The molecule has 118 valence electrons. The summed E-state index contributed by atoms with van der Waals surface area (Å²) in [6.07, 6.45) is 0.875. The summed E-state index contributed by atoms with van der Waals surface area (Å²) in [5, 5.41) is 7.89. The van der Waals surface area contributed by atoms with Crippen LogP contribution in [0.15, 0.2) is 22.1 Å². The number of rotatable bonds is 5. The average molecular weight is 342 g/mol. The first-order chi connectivity index (χ1) is 10.7. The van der Waals surface area contributed by atoms with Crippen LogP contribution in [0.25, 0.3) is 0 Å². The van der Waals surface area contributed by atoms with Crippen LogP contribution in [0.5, 0.6) is 5.75 Å². The second-order valence-corrected chi connectivity index (χ2v) is 6.29. The molecule has 1 aromatic carbocycles. The van der Waals surface area contributed by atoms with Gasteiger partial charge in [-0.15, -0.1) is 5.10 Å². The fourth-order valence-corrected chi connectivity index (χ4v) is 3.54. The van der Waals surface area contributed by atoms with E-state index < -0.39 is 0 Å². The van der Waals surface area contributed by atoms with Crippen LogP contribution < -0.4 is 10.4 Å². The molecule has 0 saturated heterocycles. The quantitative estimate of drug-likeness (QED) is 0.847. The minimum atomic E-state index is -0.179. The van der Waals surface area contributed by atoms with Crippen molar-refractivity contribution in [3.05, 3.63) is 38.8 Å². The molecule has 8 heteroatoms. The van der Waals surface area contributed by atoms with Gasteiger partial charge in [0, 0.05) is 28.4 Å². The van der Waals surface area contributed by atoms with Gasteiger partial charge in [0.1, 0.15) is 5.75 Å². The summed E-state index contributed by atoms with van der Waals surface area (Å²) in [6, 6.07) is 3.74. The average Bonchev–Trinajstić information content (AvgIpc) is 2.86. The lowest BCUT2D eigenvalue weighted by atomic mass is 10.1. The maximum absolute atomic E-state index is 11.7. The third-order valence-corrected chi connectivity index (χ3v) is 4.52. The van der Waals surface area contributed by atoms with E-state index in [4.69, 9.17) is 21.1 Å². The Labute approximate surface area is 136 Å². The summed E-state index contributed by atoms with van der Waals surface area (Å²) in [4.78, 5) is 11.7. The molecular formula is C14H16ClN3O3S. The number of ether oxygens (including phenoxy) is 2. The van der Waals surface area contributed by atoms with Gasteiger partial charge in [0.05, 0.1) is 6.61 Å². The van der Waals surface area contributed by atoms with Crippen molar-refractivity contribution in [3.63, 3.8) is 0 Å². The summed E-state index contributed by atoms with van der Waals surface area (Å²) in [5.41, 5.74) is 1.75. The van der Waals surface area contributed by atoms with Crippen LogP contribution in [-0.4, -0.2) is 21.6 Å². The first-order valence-corrected chi connectivity index (χ1v) is 8.35. The highest BCUT2D eigenvalue weighted by molar-refractivity contribution is 7.98. The highest BCUT2D eigenvalue weighted by atomic mass is 35.5. The number of benzene rings is 1. The van der Waals surface area contributed by atoms with E-state index in [1.54, 1.807) is 4.57 Å². The molecular weight excluding hydrogens is 326 g/mol. The number of nitrogens with one attached hydrogen (secondary N) is 1. The molecule has 0 spiro atoms. The van der Waals surface area contributed by atoms with Crippen molar-refractivity contribution >= 4 is 23.4 Å². The van der Waals surface area contributed by atoms with Crippen LogP contribution in [0, 0.1) is 0 Å². The van der Waals surface area contributed by atoms with Crippen LogP contribution >= 0.6 is 23.4 Å². The molecule has 22 heavy (non-hydrogen) atoms. The van der Waals surface area contributed by atoms with E-state index in [9.17, 15) is 4.79 Å². The zero-order valence-electron chi connectivity index (χ0n) is 12.1. The largest absolute Gasteiger partial charge is 0.467 e. The predicted molar refractivity (Wildman–Crippen MR) is 84.4 cm³/mol. The van der Waals surface area contributed by atoms with Crippen LogP contribution in [0.4, 0.5) is 0 Å². The Kier molecular flexibility index (Phi) is 4.75. The lowest BCUT2D eigenvalue weighted by Crippen LogP contribution is -2.17. The lowest BCUT2D eigenvalue weighted by molar-refractivity contribution is -0.0168. The van der Waals surface area contributed by atoms with Gasteiger partial charge >= 0.3 is 5.69 Å². The predicted octanol–water partition coefficient (Wildman–Crippen LogP) is 2.79. The minimum Gasteiger partial charge on any atom is -0.467 e. The van der Waals surface area contributed by atoms with Crippen LogP contribution in [0.2, 0.25) is 5.02 Å². The highest BCUT2D eigenvalue weighted by Gasteiger charge is 2.17. The molecule has 1 N–H and O–H groups in total. The van der Waals surface area contributed by atoms with Gasteiger partial charge in [0.15, 0.2) is 11.9 Å². The molecule has 1 aromatic heterocycles. The van der Waals surface area contributed by atoms with E-state index in [0.29, 0.717) is 29.1 Å². The molecule has 6 nitrogen and oxygen atoms in total. The van der Waals surface area contributed by atoms with E-state index >= 15 is 0 Å². The lowest BCUT2D eigenvalue weighted by Gasteiger charge is -2.21. The first kappa shape index (κ1) is 15.5. The fraction of sp³-hybridized carbons (Fsp3) is 0.429. The van der Waals surface area contributed by atoms with Crippen LogP contribution in [0.3, 0.4) is 0 Å². The zero-order chi connectivity index (χ0) is 15.5. The number of fused-ring (bicyclic) bond motifs is 1. The minimum absolute atomic E-state index is 0.179. The standard InChI is InChI=1S/C14H16ClN3O3S/c1-2-3-18-13(19)16-17-14(18)22-7-10-5-11(15)4-9-6-20-8-21-12(9)10/h4-5H,2-3,6-8H2,1H3,(H,16,19).